The van der Waals surface area contributed by atoms with E-state index in [2.05, 4.69) is 21.5 Å². The number of nitriles is 1. The molecule has 0 aromatic carbocycles. The van der Waals surface area contributed by atoms with Crippen LogP contribution < -0.4 is 16.4 Å². The Morgan fingerprint density at radius 2 is 1.93 bits per heavy atom. The summed E-state index contributed by atoms with van der Waals surface area (Å²) in [6.07, 6.45) is 0.662. The van der Waals surface area contributed by atoms with E-state index in [4.69, 9.17) is 11.5 Å². The number of hydrogen-bond acceptors (Lipinski definition) is 7. The number of hydrogen-bond donors (Lipinski definition) is 2. The van der Waals surface area contributed by atoms with Crippen LogP contribution in [-0.2, 0) is 0 Å². The lowest BCUT2D eigenvalue weighted by molar-refractivity contribution is -0.0913. The number of nitrogens with two attached hydrogens (primary N) is 2. The highest BCUT2D eigenvalue weighted by Gasteiger charge is 2.29. The van der Waals surface area contributed by atoms with E-state index in [-0.39, 0.29) is 35.4 Å². The highest BCUT2D eigenvalue weighted by atomic mass is 32.2. The first-order valence-electron chi connectivity index (χ1n) is 8.77. The molecule has 1 aromatic rings. The maximum atomic E-state index is 12.6. The third kappa shape index (κ3) is 8.16. The van der Waals surface area contributed by atoms with Crippen molar-refractivity contribution in [2.75, 3.05) is 30.5 Å². The Labute approximate surface area is 179 Å². The third-order valence-electron chi connectivity index (χ3n) is 3.37. The van der Waals surface area contributed by atoms with E-state index >= 15 is 0 Å². The standard InChI is InChI=1S/C17H20F3N7S.C2H6/c1-5-11(7-6-10(2)17(18,19)20)24-13(22)9-27(3)14-12(8-21)15(28-4)26-16(23)25-14;1-2/h5-7H,1,9H2,2-4H3,(H2,22,24)(H2,23,25,26);1-2H3/b10-6+,11-7+;. The van der Waals surface area contributed by atoms with Crippen LogP contribution in [0, 0.1) is 11.3 Å². The van der Waals surface area contributed by atoms with Gasteiger partial charge in [0.2, 0.25) is 5.95 Å². The molecule has 0 aliphatic carbocycles. The normalized spacial score (nSPS) is 12.6. The van der Waals surface area contributed by atoms with Crippen LogP contribution in [-0.4, -0.2) is 41.8 Å². The summed E-state index contributed by atoms with van der Waals surface area (Å²) in [5, 5.41) is 9.81. The van der Waals surface area contributed by atoms with E-state index in [1.54, 1.807) is 18.2 Å². The summed E-state index contributed by atoms with van der Waals surface area (Å²) in [5.74, 6) is 0.355. The molecular formula is C19H26F3N7S. The molecule has 1 rings (SSSR count). The zero-order valence-electron chi connectivity index (χ0n) is 17.6. The summed E-state index contributed by atoms with van der Waals surface area (Å²) >= 11 is 1.25. The van der Waals surface area contributed by atoms with Crippen LogP contribution >= 0.6 is 11.8 Å². The molecule has 164 valence electrons. The molecule has 0 bridgehead atoms. The number of rotatable bonds is 7. The average Bonchev–Trinajstić information content (AvgIpc) is 2.70. The molecule has 0 saturated heterocycles. The van der Waals surface area contributed by atoms with E-state index in [1.807, 2.05) is 19.9 Å². The van der Waals surface area contributed by atoms with Gasteiger partial charge in [-0.15, -0.1) is 11.8 Å². The summed E-state index contributed by atoms with van der Waals surface area (Å²) in [4.78, 5) is 13.7. The SMILES string of the molecule is C=C/C(=C\C=C(/C)C(F)(F)F)N=C(N)CN(C)c1nc(N)nc(SC)c1C#N.CC. The van der Waals surface area contributed by atoms with Crippen molar-refractivity contribution in [3.8, 4) is 6.07 Å². The second-order valence-corrected chi connectivity index (χ2v) is 6.30. The fourth-order valence-electron chi connectivity index (χ4n) is 1.94. The quantitative estimate of drug-likeness (QED) is 0.215. The number of nitrogens with zero attached hydrogens (tertiary/aromatic N) is 5. The molecule has 30 heavy (non-hydrogen) atoms. The molecule has 0 amide bonds. The lowest BCUT2D eigenvalue weighted by atomic mass is 10.2. The molecular weight excluding hydrogens is 415 g/mol. The molecule has 7 nitrogen and oxygen atoms in total. The number of anilines is 2. The highest BCUT2D eigenvalue weighted by Crippen LogP contribution is 2.26. The zero-order valence-corrected chi connectivity index (χ0v) is 18.4. The van der Waals surface area contributed by atoms with Crippen LogP contribution in [0.1, 0.15) is 26.3 Å². The second kappa shape index (κ2) is 12.5. The third-order valence-corrected chi connectivity index (χ3v) is 4.06. The van der Waals surface area contributed by atoms with E-state index in [0.717, 1.165) is 19.1 Å². The first-order valence-corrected chi connectivity index (χ1v) is 9.99. The average molecular weight is 442 g/mol. The number of aromatic nitrogens is 2. The van der Waals surface area contributed by atoms with Crippen molar-refractivity contribution in [1.82, 2.24) is 9.97 Å². The van der Waals surface area contributed by atoms with Crippen LogP contribution in [0.5, 0.6) is 0 Å². The summed E-state index contributed by atoms with van der Waals surface area (Å²) in [5.41, 5.74) is 11.2. The maximum absolute atomic E-state index is 12.6. The minimum absolute atomic E-state index is 0.000139. The van der Waals surface area contributed by atoms with Gasteiger partial charge in [0.15, 0.2) is 5.82 Å². The Balaban J connectivity index is 0.00000407. The van der Waals surface area contributed by atoms with E-state index in [9.17, 15) is 18.4 Å². The smallest absolute Gasteiger partial charge is 0.386 e. The lowest BCUT2D eigenvalue weighted by Gasteiger charge is -2.20. The van der Waals surface area contributed by atoms with Crippen LogP contribution in [0.15, 0.2) is 46.1 Å². The van der Waals surface area contributed by atoms with Gasteiger partial charge in [0, 0.05) is 12.6 Å². The molecule has 0 atom stereocenters. The van der Waals surface area contributed by atoms with Crippen molar-refractivity contribution in [1.29, 1.82) is 5.26 Å². The highest BCUT2D eigenvalue weighted by molar-refractivity contribution is 7.98. The Hall–Kier alpha value is -3.00. The molecule has 0 radical (unpaired) electrons. The van der Waals surface area contributed by atoms with Gasteiger partial charge in [-0.2, -0.15) is 23.4 Å². The van der Waals surface area contributed by atoms with Gasteiger partial charge in [0.1, 0.15) is 22.5 Å². The predicted molar refractivity (Wildman–Crippen MR) is 117 cm³/mol. The molecule has 0 aliphatic heterocycles. The van der Waals surface area contributed by atoms with Gasteiger partial charge in [0.05, 0.1) is 12.2 Å². The largest absolute Gasteiger partial charge is 0.412 e. The van der Waals surface area contributed by atoms with Crippen molar-refractivity contribution in [3.63, 3.8) is 0 Å². The molecule has 4 N–H and O–H groups in total. The summed E-state index contributed by atoms with van der Waals surface area (Å²) in [6, 6.07) is 2.03. The number of aliphatic imine (C=N–C) groups is 1. The van der Waals surface area contributed by atoms with Gasteiger partial charge in [-0.1, -0.05) is 26.5 Å². The number of halogens is 3. The Morgan fingerprint density at radius 3 is 2.40 bits per heavy atom. The minimum atomic E-state index is -4.42. The van der Waals surface area contributed by atoms with Gasteiger partial charge in [-0.05, 0) is 25.3 Å². The van der Waals surface area contributed by atoms with Crippen LogP contribution in [0.2, 0.25) is 0 Å². The predicted octanol–water partition coefficient (Wildman–Crippen LogP) is 4.05. The fourth-order valence-corrected chi connectivity index (χ4v) is 2.47. The van der Waals surface area contributed by atoms with Crippen molar-refractivity contribution >= 4 is 29.4 Å². The molecule has 1 heterocycles. The van der Waals surface area contributed by atoms with Gasteiger partial charge in [-0.3, -0.25) is 0 Å². The number of alkyl halides is 3. The van der Waals surface area contributed by atoms with Crippen LogP contribution in [0.3, 0.4) is 0 Å². The topological polar surface area (TPSA) is 117 Å². The van der Waals surface area contributed by atoms with Crippen molar-refractivity contribution in [2.24, 2.45) is 10.7 Å². The minimum Gasteiger partial charge on any atom is -0.386 e. The van der Waals surface area contributed by atoms with Crippen LogP contribution in [0.25, 0.3) is 0 Å². The lowest BCUT2D eigenvalue weighted by Crippen LogP contribution is -2.32. The molecule has 0 aliphatic rings. The summed E-state index contributed by atoms with van der Waals surface area (Å²) < 4.78 is 37.7. The summed E-state index contributed by atoms with van der Waals surface area (Å²) in [7, 11) is 1.63. The Morgan fingerprint density at radius 1 is 1.33 bits per heavy atom. The van der Waals surface area contributed by atoms with Gasteiger partial charge >= 0.3 is 6.18 Å². The van der Waals surface area contributed by atoms with Crippen molar-refractivity contribution in [2.45, 2.75) is 32.0 Å². The fraction of sp³-hybridized carbons (Fsp3) is 0.368. The maximum Gasteiger partial charge on any atom is 0.412 e. The van der Waals surface area contributed by atoms with Gasteiger partial charge < -0.3 is 16.4 Å². The van der Waals surface area contributed by atoms with E-state index in [1.165, 1.54) is 17.8 Å². The number of nitrogen functional groups attached to an aromatic ring is 1. The number of likely N-dealkylation sites (N-methyl/N-ethyl adjacent to an activating group) is 1. The van der Waals surface area contributed by atoms with Gasteiger partial charge in [0.25, 0.3) is 0 Å². The van der Waals surface area contributed by atoms with Crippen molar-refractivity contribution < 1.29 is 13.2 Å². The number of amidine groups is 1. The molecule has 0 fully saturated rings. The monoisotopic (exact) mass is 441 g/mol. The first kappa shape index (κ1) is 27.0. The molecule has 1 aromatic heterocycles. The molecule has 0 saturated carbocycles. The van der Waals surface area contributed by atoms with Gasteiger partial charge in [-0.25, -0.2) is 9.98 Å². The number of allylic oxidation sites excluding steroid dienone is 4. The molecule has 0 spiro atoms. The summed E-state index contributed by atoms with van der Waals surface area (Å²) in [6.45, 7) is 8.51. The first-order chi connectivity index (χ1) is 14.0. The Bertz CT molecular complexity index is 868. The second-order valence-electron chi connectivity index (χ2n) is 5.50. The Kier molecular flexibility index (Phi) is 11.3. The van der Waals surface area contributed by atoms with E-state index < -0.39 is 11.7 Å². The number of thioether (sulfide) groups is 1. The zero-order chi connectivity index (χ0) is 23.5. The molecule has 11 heteroatoms. The molecule has 0 unspecified atom stereocenters. The van der Waals surface area contributed by atoms with E-state index in [0.29, 0.717) is 5.03 Å². The van der Waals surface area contributed by atoms with Crippen molar-refractivity contribution in [3.05, 3.63) is 41.6 Å². The van der Waals surface area contributed by atoms with Crippen LogP contribution in [0.4, 0.5) is 24.9 Å².